The lowest BCUT2D eigenvalue weighted by atomic mass is 10.1. The molecule has 9 heavy (non-hydrogen) atoms. The molecule has 1 aliphatic heterocycles. The summed E-state index contributed by atoms with van der Waals surface area (Å²) >= 11 is 0. The first-order chi connectivity index (χ1) is 4.27. The predicted molar refractivity (Wildman–Crippen MR) is 37.4 cm³/mol. The maximum atomic E-state index is 11.4. The van der Waals surface area contributed by atoms with Gasteiger partial charge in [0.25, 0.3) is 0 Å². The van der Waals surface area contributed by atoms with Gasteiger partial charge in [-0.1, -0.05) is 0 Å². The van der Waals surface area contributed by atoms with Crippen molar-refractivity contribution < 1.29 is 4.65 Å². The number of hydrogen-bond donors (Lipinski definition) is 0. The highest BCUT2D eigenvalue weighted by atomic mass is 16.5. The molecule has 1 radical (unpaired) electrons. The Balaban J connectivity index is 2.37. The highest BCUT2D eigenvalue weighted by Gasteiger charge is 2.17. The lowest BCUT2D eigenvalue weighted by Gasteiger charge is -2.44. The first-order valence-corrected chi connectivity index (χ1v) is 3.63. The molecule has 0 spiro atoms. The average Bonchev–Trinajstić information content (AvgIpc) is 1.90. The molecular formula is C7H14NO. The van der Waals surface area contributed by atoms with Crippen LogP contribution >= 0.6 is 0 Å². The molecule has 0 atom stereocenters. The molecule has 0 aliphatic carbocycles. The molecule has 53 valence electrons. The quantitative estimate of drug-likeness (QED) is 0.386. The standard InChI is InChI=1S/C7H14NO/c1-2-8(9)6-4-3-5-7-8/h1-7H2. The maximum absolute atomic E-state index is 11.4. The molecule has 0 aromatic heterocycles. The number of hydroxylamine groups is 3. The third-order valence-electron chi connectivity index (χ3n) is 2.04. The second kappa shape index (κ2) is 2.67. The summed E-state index contributed by atoms with van der Waals surface area (Å²) in [5.74, 6) is 0. The summed E-state index contributed by atoms with van der Waals surface area (Å²) in [6.07, 6.45) is 3.43. The predicted octanol–water partition coefficient (Wildman–Crippen LogP) is 1.32. The molecule has 0 saturated carbocycles. The van der Waals surface area contributed by atoms with Crippen LogP contribution in [0.25, 0.3) is 0 Å². The minimum atomic E-state index is -0.0417. The van der Waals surface area contributed by atoms with Gasteiger partial charge in [-0.3, -0.25) is 0 Å². The highest BCUT2D eigenvalue weighted by molar-refractivity contribution is 4.54. The van der Waals surface area contributed by atoms with Crippen molar-refractivity contribution >= 4 is 0 Å². The molecule has 1 aliphatic rings. The Hall–Kier alpha value is -0.0800. The van der Waals surface area contributed by atoms with Crippen LogP contribution in [0.1, 0.15) is 19.3 Å². The Morgan fingerprint density at radius 1 is 1.22 bits per heavy atom. The van der Waals surface area contributed by atoms with E-state index in [1.165, 1.54) is 6.42 Å². The van der Waals surface area contributed by atoms with Crippen molar-refractivity contribution in [2.75, 3.05) is 19.6 Å². The zero-order valence-electron chi connectivity index (χ0n) is 5.81. The minimum absolute atomic E-state index is 0.0417. The normalized spacial score (nSPS) is 26.0. The molecule has 1 rings (SSSR count). The van der Waals surface area contributed by atoms with Gasteiger partial charge in [0.1, 0.15) is 0 Å². The fraction of sp³-hybridized carbons (Fsp3) is 0.857. The number of hydrogen-bond acceptors (Lipinski definition) is 1. The van der Waals surface area contributed by atoms with Crippen molar-refractivity contribution in [1.29, 1.82) is 0 Å². The van der Waals surface area contributed by atoms with E-state index in [-0.39, 0.29) is 4.65 Å². The van der Waals surface area contributed by atoms with Crippen LogP contribution in [0.4, 0.5) is 0 Å². The van der Waals surface area contributed by atoms with Gasteiger partial charge in [-0.15, -0.1) is 0 Å². The van der Waals surface area contributed by atoms with E-state index in [2.05, 4.69) is 6.92 Å². The second-order valence-electron chi connectivity index (χ2n) is 2.79. The average molecular weight is 128 g/mol. The first-order valence-electron chi connectivity index (χ1n) is 3.63. The Morgan fingerprint density at radius 2 is 1.78 bits per heavy atom. The lowest BCUT2D eigenvalue weighted by molar-refractivity contribution is -0.880. The molecule has 2 heteroatoms. The van der Waals surface area contributed by atoms with Crippen LogP contribution in [0.3, 0.4) is 0 Å². The molecule has 0 unspecified atom stereocenters. The van der Waals surface area contributed by atoms with Crippen LogP contribution in [0.5, 0.6) is 0 Å². The molecular weight excluding hydrogens is 114 g/mol. The van der Waals surface area contributed by atoms with Gasteiger partial charge < -0.3 is 9.85 Å². The van der Waals surface area contributed by atoms with Crippen molar-refractivity contribution in [2.24, 2.45) is 0 Å². The fourth-order valence-corrected chi connectivity index (χ4v) is 1.31. The largest absolute Gasteiger partial charge is 0.633 e. The Bertz CT molecular complexity index is 86.9. The Labute approximate surface area is 56.6 Å². The van der Waals surface area contributed by atoms with E-state index in [4.69, 9.17) is 0 Å². The van der Waals surface area contributed by atoms with Gasteiger partial charge in [-0.05, 0) is 19.3 Å². The summed E-state index contributed by atoms with van der Waals surface area (Å²) in [5, 5.41) is 11.4. The number of rotatable bonds is 1. The van der Waals surface area contributed by atoms with Gasteiger partial charge >= 0.3 is 0 Å². The zero-order valence-corrected chi connectivity index (χ0v) is 5.81. The Morgan fingerprint density at radius 3 is 2.11 bits per heavy atom. The van der Waals surface area contributed by atoms with Crippen LogP contribution in [-0.2, 0) is 0 Å². The molecule has 0 aromatic carbocycles. The van der Waals surface area contributed by atoms with Gasteiger partial charge in [0.2, 0.25) is 0 Å². The molecule has 0 amide bonds. The van der Waals surface area contributed by atoms with Gasteiger partial charge in [0.05, 0.1) is 19.6 Å². The molecule has 0 aromatic rings. The van der Waals surface area contributed by atoms with Crippen LogP contribution in [0.15, 0.2) is 0 Å². The zero-order chi connectivity index (χ0) is 6.74. The van der Waals surface area contributed by atoms with Crippen LogP contribution in [-0.4, -0.2) is 24.3 Å². The Kier molecular flexibility index (Phi) is 2.09. The second-order valence-corrected chi connectivity index (χ2v) is 2.79. The van der Waals surface area contributed by atoms with Crippen LogP contribution < -0.4 is 0 Å². The van der Waals surface area contributed by atoms with Crippen LogP contribution in [0, 0.1) is 12.1 Å². The molecule has 2 nitrogen and oxygen atoms in total. The van der Waals surface area contributed by atoms with E-state index in [1.54, 1.807) is 0 Å². The molecule has 1 heterocycles. The van der Waals surface area contributed by atoms with Crippen molar-refractivity contribution in [2.45, 2.75) is 19.3 Å². The van der Waals surface area contributed by atoms with Crippen molar-refractivity contribution in [1.82, 2.24) is 0 Å². The smallest absolute Gasteiger partial charge is 0.0786 e. The summed E-state index contributed by atoms with van der Waals surface area (Å²) < 4.78 is -0.0417. The highest BCUT2D eigenvalue weighted by Crippen LogP contribution is 2.15. The first kappa shape index (κ1) is 7.03. The molecule has 1 saturated heterocycles. The molecule has 0 N–H and O–H groups in total. The van der Waals surface area contributed by atoms with E-state index in [0.29, 0.717) is 6.54 Å². The molecule has 0 bridgehead atoms. The van der Waals surface area contributed by atoms with Gasteiger partial charge in [0.15, 0.2) is 0 Å². The third kappa shape index (κ3) is 1.66. The number of nitrogens with zero attached hydrogens (tertiary/aromatic N) is 1. The van der Waals surface area contributed by atoms with Gasteiger partial charge in [-0.2, -0.15) is 0 Å². The topological polar surface area (TPSA) is 23.1 Å². The van der Waals surface area contributed by atoms with Crippen molar-refractivity contribution in [3.05, 3.63) is 12.1 Å². The van der Waals surface area contributed by atoms with E-state index in [0.717, 1.165) is 25.9 Å². The van der Waals surface area contributed by atoms with Gasteiger partial charge in [0, 0.05) is 6.92 Å². The van der Waals surface area contributed by atoms with E-state index in [1.807, 2.05) is 0 Å². The summed E-state index contributed by atoms with van der Waals surface area (Å²) in [6.45, 7) is 5.75. The van der Waals surface area contributed by atoms with Crippen LogP contribution in [0.2, 0.25) is 0 Å². The third-order valence-corrected chi connectivity index (χ3v) is 2.04. The number of quaternary nitrogens is 1. The maximum Gasteiger partial charge on any atom is 0.0786 e. The summed E-state index contributed by atoms with van der Waals surface area (Å²) in [5.41, 5.74) is 0. The monoisotopic (exact) mass is 128 g/mol. The minimum Gasteiger partial charge on any atom is -0.633 e. The summed E-state index contributed by atoms with van der Waals surface area (Å²) in [6, 6.07) is 0. The number of likely N-dealkylation sites (tertiary alicyclic amines) is 1. The van der Waals surface area contributed by atoms with E-state index >= 15 is 0 Å². The SMILES string of the molecule is [CH2]C[N+]1([O-])CCCCC1. The molecule has 1 fully saturated rings. The van der Waals surface area contributed by atoms with E-state index in [9.17, 15) is 5.21 Å². The van der Waals surface area contributed by atoms with Gasteiger partial charge in [-0.25, -0.2) is 0 Å². The lowest BCUT2D eigenvalue weighted by Crippen LogP contribution is -2.45. The summed E-state index contributed by atoms with van der Waals surface area (Å²) in [7, 11) is 0. The summed E-state index contributed by atoms with van der Waals surface area (Å²) in [4.78, 5) is 0. The fourth-order valence-electron chi connectivity index (χ4n) is 1.31. The van der Waals surface area contributed by atoms with E-state index < -0.39 is 0 Å². The number of piperidine rings is 1. The van der Waals surface area contributed by atoms with Crippen molar-refractivity contribution in [3.63, 3.8) is 0 Å². The van der Waals surface area contributed by atoms with Crippen molar-refractivity contribution in [3.8, 4) is 0 Å².